The Balaban J connectivity index is 2.05. The Morgan fingerprint density at radius 1 is 1.05 bits per heavy atom. The second kappa shape index (κ2) is 6.62. The number of rotatable bonds is 4. The van der Waals surface area contributed by atoms with E-state index in [1.54, 1.807) is 16.7 Å². The van der Waals surface area contributed by atoms with Crippen molar-refractivity contribution in [2.24, 2.45) is 0 Å². The number of amides is 1. The lowest BCUT2D eigenvalue weighted by Gasteiger charge is -2.17. The average molecular weight is 285 g/mol. The average Bonchev–Trinajstić information content (AvgIpc) is 2.49. The van der Waals surface area contributed by atoms with Crippen LogP contribution >= 0.6 is 11.8 Å². The highest BCUT2D eigenvalue weighted by molar-refractivity contribution is 7.98. The SMILES string of the molecule is CSc1ccc(C(=O)N(C)Cc2ccc(C)cc2)cc1. The van der Waals surface area contributed by atoms with Crippen LogP contribution in [0.25, 0.3) is 0 Å². The minimum atomic E-state index is 0.0539. The van der Waals surface area contributed by atoms with E-state index in [1.807, 2.05) is 37.6 Å². The van der Waals surface area contributed by atoms with Crippen LogP contribution in [0.3, 0.4) is 0 Å². The van der Waals surface area contributed by atoms with Crippen LogP contribution < -0.4 is 0 Å². The third-order valence-corrected chi connectivity index (χ3v) is 3.97. The zero-order valence-electron chi connectivity index (χ0n) is 12.1. The summed E-state index contributed by atoms with van der Waals surface area (Å²) in [4.78, 5) is 15.3. The zero-order valence-corrected chi connectivity index (χ0v) is 12.9. The number of hydrogen-bond acceptors (Lipinski definition) is 2. The van der Waals surface area contributed by atoms with E-state index < -0.39 is 0 Å². The van der Waals surface area contributed by atoms with Crippen molar-refractivity contribution in [1.82, 2.24) is 4.90 Å². The maximum atomic E-state index is 12.3. The Morgan fingerprint density at radius 2 is 1.65 bits per heavy atom. The zero-order chi connectivity index (χ0) is 14.5. The van der Waals surface area contributed by atoms with Gasteiger partial charge in [0.1, 0.15) is 0 Å². The van der Waals surface area contributed by atoms with Crippen molar-refractivity contribution in [2.75, 3.05) is 13.3 Å². The molecule has 0 fully saturated rings. The molecule has 0 N–H and O–H groups in total. The van der Waals surface area contributed by atoms with E-state index in [0.29, 0.717) is 6.54 Å². The van der Waals surface area contributed by atoms with Gasteiger partial charge < -0.3 is 4.90 Å². The van der Waals surface area contributed by atoms with E-state index in [9.17, 15) is 4.79 Å². The van der Waals surface area contributed by atoms with E-state index >= 15 is 0 Å². The summed E-state index contributed by atoms with van der Waals surface area (Å²) in [5.41, 5.74) is 3.11. The summed E-state index contributed by atoms with van der Waals surface area (Å²) in [7, 11) is 1.84. The smallest absolute Gasteiger partial charge is 0.253 e. The van der Waals surface area contributed by atoms with Crippen LogP contribution in [0, 0.1) is 6.92 Å². The Morgan fingerprint density at radius 3 is 2.20 bits per heavy atom. The molecule has 3 heteroatoms. The maximum Gasteiger partial charge on any atom is 0.253 e. The van der Waals surface area contributed by atoms with Gasteiger partial charge in [0.05, 0.1) is 0 Å². The van der Waals surface area contributed by atoms with Gasteiger partial charge in [0.2, 0.25) is 0 Å². The molecule has 0 saturated carbocycles. The molecule has 0 bridgehead atoms. The topological polar surface area (TPSA) is 20.3 Å². The molecule has 0 radical (unpaired) electrons. The van der Waals surface area contributed by atoms with Gasteiger partial charge in [-0.3, -0.25) is 4.79 Å². The first kappa shape index (κ1) is 14.7. The second-order valence-corrected chi connectivity index (χ2v) is 5.75. The molecule has 0 saturated heterocycles. The third-order valence-electron chi connectivity index (χ3n) is 3.22. The van der Waals surface area contributed by atoms with Gasteiger partial charge in [0.15, 0.2) is 0 Å². The first-order valence-electron chi connectivity index (χ1n) is 6.55. The minimum Gasteiger partial charge on any atom is -0.337 e. The molecule has 0 heterocycles. The van der Waals surface area contributed by atoms with Crippen LogP contribution in [0.5, 0.6) is 0 Å². The first-order chi connectivity index (χ1) is 9.60. The summed E-state index contributed by atoms with van der Waals surface area (Å²) in [5.74, 6) is 0.0539. The van der Waals surface area contributed by atoms with Gasteiger partial charge in [-0.2, -0.15) is 0 Å². The van der Waals surface area contributed by atoms with Crippen molar-refractivity contribution in [1.29, 1.82) is 0 Å². The number of nitrogens with zero attached hydrogens (tertiary/aromatic N) is 1. The minimum absolute atomic E-state index is 0.0539. The predicted molar refractivity (Wildman–Crippen MR) is 85.2 cm³/mol. The molecule has 0 atom stereocenters. The van der Waals surface area contributed by atoms with Crippen LogP contribution in [0.15, 0.2) is 53.4 Å². The van der Waals surface area contributed by atoms with Crippen LogP contribution in [0.4, 0.5) is 0 Å². The molecular weight excluding hydrogens is 266 g/mol. The summed E-state index contributed by atoms with van der Waals surface area (Å²) in [5, 5.41) is 0. The van der Waals surface area contributed by atoms with Crippen molar-refractivity contribution in [3.63, 3.8) is 0 Å². The van der Waals surface area contributed by atoms with Crippen molar-refractivity contribution in [3.8, 4) is 0 Å². The number of hydrogen-bond donors (Lipinski definition) is 0. The largest absolute Gasteiger partial charge is 0.337 e. The lowest BCUT2D eigenvalue weighted by molar-refractivity contribution is 0.0785. The Kier molecular flexibility index (Phi) is 4.85. The third kappa shape index (κ3) is 3.64. The van der Waals surface area contributed by atoms with Crippen molar-refractivity contribution >= 4 is 17.7 Å². The Hall–Kier alpha value is -1.74. The molecule has 2 rings (SSSR count). The van der Waals surface area contributed by atoms with Gasteiger partial charge in [-0.25, -0.2) is 0 Å². The van der Waals surface area contributed by atoms with E-state index in [2.05, 4.69) is 31.2 Å². The maximum absolute atomic E-state index is 12.3. The molecule has 1 amide bonds. The summed E-state index contributed by atoms with van der Waals surface area (Å²) >= 11 is 1.68. The standard InChI is InChI=1S/C17H19NOS/c1-13-4-6-14(7-5-13)12-18(2)17(19)15-8-10-16(20-3)11-9-15/h4-11H,12H2,1-3H3. The fourth-order valence-corrected chi connectivity index (χ4v) is 2.40. The second-order valence-electron chi connectivity index (χ2n) is 4.88. The highest BCUT2D eigenvalue weighted by atomic mass is 32.2. The van der Waals surface area contributed by atoms with Crippen molar-refractivity contribution in [3.05, 3.63) is 65.2 Å². The summed E-state index contributed by atoms with van der Waals surface area (Å²) < 4.78 is 0. The fourth-order valence-electron chi connectivity index (χ4n) is 1.99. The quantitative estimate of drug-likeness (QED) is 0.792. The molecule has 2 aromatic carbocycles. The van der Waals surface area contributed by atoms with Gasteiger partial charge in [-0.05, 0) is 43.0 Å². The van der Waals surface area contributed by atoms with Gasteiger partial charge in [0, 0.05) is 24.1 Å². The van der Waals surface area contributed by atoms with Crippen LogP contribution in [-0.2, 0) is 6.54 Å². The fraction of sp³-hybridized carbons (Fsp3) is 0.235. The normalized spacial score (nSPS) is 10.3. The first-order valence-corrected chi connectivity index (χ1v) is 7.77. The summed E-state index contributed by atoms with van der Waals surface area (Å²) in [6.45, 7) is 2.69. The molecule has 0 spiro atoms. The van der Waals surface area contributed by atoms with E-state index in [4.69, 9.17) is 0 Å². The summed E-state index contributed by atoms with van der Waals surface area (Å²) in [6.07, 6.45) is 2.03. The van der Waals surface area contributed by atoms with E-state index in [1.165, 1.54) is 10.5 Å². The van der Waals surface area contributed by atoms with E-state index in [0.717, 1.165) is 11.1 Å². The van der Waals surface area contributed by atoms with Gasteiger partial charge in [-0.15, -0.1) is 11.8 Å². The Bertz CT molecular complexity index is 575. The molecule has 2 nitrogen and oxygen atoms in total. The molecular formula is C17H19NOS. The summed E-state index contributed by atoms with van der Waals surface area (Å²) in [6, 6.07) is 16.0. The lowest BCUT2D eigenvalue weighted by Crippen LogP contribution is -2.26. The number of carbonyl (C=O) groups excluding carboxylic acids is 1. The monoisotopic (exact) mass is 285 g/mol. The van der Waals surface area contributed by atoms with E-state index in [-0.39, 0.29) is 5.91 Å². The van der Waals surface area contributed by atoms with Gasteiger partial charge in [-0.1, -0.05) is 29.8 Å². The molecule has 104 valence electrons. The number of benzene rings is 2. The van der Waals surface area contributed by atoms with Gasteiger partial charge >= 0.3 is 0 Å². The molecule has 0 aliphatic rings. The van der Waals surface area contributed by atoms with Crippen LogP contribution in [-0.4, -0.2) is 24.1 Å². The molecule has 20 heavy (non-hydrogen) atoms. The van der Waals surface area contributed by atoms with Crippen LogP contribution in [0.2, 0.25) is 0 Å². The highest BCUT2D eigenvalue weighted by Crippen LogP contribution is 2.16. The highest BCUT2D eigenvalue weighted by Gasteiger charge is 2.11. The number of carbonyl (C=O) groups is 1. The Labute approximate surface area is 124 Å². The molecule has 0 aliphatic carbocycles. The number of aryl methyl sites for hydroxylation is 1. The predicted octanol–water partition coefficient (Wildman–Crippen LogP) is 3.99. The van der Waals surface area contributed by atoms with Crippen LogP contribution in [0.1, 0.15) is 21.5 Å². The van der Waals surface area contributed by atoms with Crippen molar-refractivity contribution in [2.45, 2.75) is 18.4 Å². The van der Waals surface area contributed by atoms with Crippen molar-refractivity contribution < 1.29 is 4.79 Å². The number of thioether (sulfide) groups is 1. The molecule has 0 aromatic heterocycles. The lowest BCUT2D eigenvalue weighted by atomic mass is 10.1. The molecule has 0 unspecified atom stereocenters. The molecule has 0 aliphatic heterocycles. The molecule has 2 aromatic rings. The van der Waals surface area contributed by atoms with Gasteiger partial charge in [0.25, 0.3) is 5.91 Å².